The van der Waals surface area contributed by atoms with Crippen LogP contribution >= 0.6 is 11.8 Å². The normalized spacial score (nSPS) is 22.7. The molecule has 13 heavy (non-hydrogen) atoms. The highest BCUT2D eigenvalue weighted by molar-refractivity contribution is 7.99. The van der Waals surface area contributed by atoms with Gasteiger partial charge in [0.05, 0.1) is 12.6 Å². The first-order valence-corrected chi connectivity index (χ1v) is 5.58. The molecule has 0 spiro atoms. The van der Waals surface area contributed by atoms with E-state index in [0.29, 0.717) is 13.2 Å². The van der Waals surface area contributed by atoms with Crippen LogP contribution in [0.1, 0.15) is 0 Å². The van der Waals surface area contributed by atoms with Crippen molar-refractivity contribution >= 4 is 17.7 Å². The molecule has 1 atom stereocenters. The molecule has 0 saturated carbocycles. The van der Waals surface area contributed by atoms with Crippen molar-refractivity contribution in [1.29, 1.82) is 0 Å². The molecular weight excluding hydrogens is 188 g/mol. The number of rotatable bonds is 4. The van der Waals surface area contributed by atoms with E-state index in [-0.39, 0.29) is 11.9 Å². The number of thioether (sulfide) groups is 1. The molecule has 1 amide bonds. The SMILES string of the molecule is COCCNC(=O)C1CSCCN1. The Labute approximate surface area is 82.8 Å². The van der Waals surface area contributed by atoms with E-state index in [0.717, 1.165) is 18.1 Å². The van der Waals surface area contributed by atoms with E-state index in [1.54, 1.807) is 7.11 Å². The molecule has 4 nitrogen and oxygen atoms in total. The van der Waals surface area contributed by atoms with Crippen LogP contribution in [0.3, 0.4) is 0 Å². The molecule has 5 heteroatoms. The van der Waals surface area contributed by atoms with Crippen LogP contribution in [0.5, 0.6) is 0 Å². The van der Waals surface area contributed by atoms with E-state index in [4.69, 9.17) is 4.74 Å². The lowest BCUT2D eigenvalue weighted by Gasteiger charge is -2.22. The molecule has 76 valence electrons. The van der Waals surface area contributed by atoms with E-state index in [1.165, 1.54) is 0 Å². The van der Waals surface area contributed by atoms with Gasteiger partial charge in [0.2, 0.25) is 5.91 Å². The van der Waals surface area contributed by atoms with Gasteiger partial charge in [0, 0.05) is 31.7 Å². The Balaban J connectivity index is 2.13. The van der Waals surface area contributed by atoms with Crippen molar-refractivity contribution in [2.75, 3.05) is 38.3 Å². The Bertz CT molecular complexity index is 160. The third-order valence-corrected chi connectivity index (χ3v) is 2.91. The molecule has 1 saturated heterocycles. The van der Waals surface area contributed by atoms with Crippen LogP contribution < -0.4 is 10.6 Å². The lowest BCUT2D eigenvalue weighted by atomic mass is 10.3. The second kappa shape index (κ2) is 6.23. The zero-order chi connectivity index (χ0) is 9.52. The van der Waals surface area contributed by atoms with Gasteiger partial charge in [0.15, 0.2) is 0 Å². The Morgan fingerprint density at radius 1 is 1.77 bits per heavy atom. The summed E-state index contributed by atoms with van der Waals surface area (Å²) in [6.07, 6.45) is 0. The van der Waals surface area contributed by atoms with Gasteiger partial charge < -0.3 is 15.4 Å². The van der Waals surface area contributed by atoms with Crippen LogP contribution in [0.4, 0.5) is 0 Å². The molecule has 0 aromatic heterocycles. The lowest BCUT2D eigenvalue weighted by Crippen LogP contribution is -2.49. The third-order valence-electron chi connectivity index (χ3n) is 1.84. The summed E-state index contributed by atoms with van der Waals surface area (Å²) >= 11 is 1.82. The molecule has 0 bridgehead atoms. The number of carbonyl (C=O) groups excluding carboxylic acids is 1. The molecule has 0 aliphatic carbocycles. The van der Waals surface area contributed by atoms with Gasteiger partial charge in [-0.25, -0.2) is 0 Å². The second-order valence-corrected chi connectivity index (χ2v) is 4.02. The van der Waals surface area contributed by atoms with E-state index in [2.05, 4.69) is 10.6 Å². The van der Waals surface area contributed by atoms with Crippen molar-refractivity contribution in [3.63, 3.8) is 0 Å². The van der Waals surface area contributed by atoms with Crippen LogP contribution in [0.2, 0.25) is 0 Å². The molecule has 0 aromatic rings. The predicted molar refractivity (Wildman–Crippen MR) is 54.0 cm³/mol. The summed E-state index contributed by atoms with van der Waals surface area (Å²) in [5, 5.41) is 5.99. The molecular formula is C8H16N2O2S. The van der Waals surface area contributed by atoms with Crippen LogP contribution in [0, 0.1) is 0 Å². The Kier molecular flexibility index (Phi) is 5.19. The number of carbonyl (C=O) groups is 1. The van der Waals surface area contributed by atoms with Crippen molar-refractivity contribution in [2.24, 2.45) is 0 Å². The highest BCUT2D eigenvalue weighted by atomic mass is 32.2. The zero-order valence-corrected chi connectivity index (χ0v) is 8.65. The van der Waals surface area contributed by atoms with Gasteiger partial charge in [-0.05, 0) is 0 Å². The van der Waals surface area contributed by atoms with Crippen LogP contribution in [-0.4, -0.2) is 50.3 Å². The van der Waals surface area contributed by atoms with Gasteiger partial charge >= 0.3 is 0 Å². The Morgan fingerprint density at radius 3 is 3.23 bits per heavy atom. The van der Waals surface area contributed by atoms with Crippen molar-refractivity contribution in [2.45, 2.75) is 6.04 Å². The van der Waals surface area contributed by atoms with Gasteiger partial charge in [0.25, 0.3) is 0 Å². The van der Waals surface area contributed by atoms with Gasteiger partial charge in [-0.1, -0.05) is 0 Å². The maximum Gasteiger partial charge on any atom is 0.238 e. The highest BCUT2D eigenvalue weighted by Crippen LogP contribution is 2.07. The van der Waals surface area contributed by atoms with Crippen molar-refractivity contribution < 1.29 is 9.53 Å². The smallest absolute Gasteiger partial charge is 0.238 e. The summed E-state index contributed by atoms with van der Waals surface area (Å²) in [5.74, 6) is 2.06. The van der Waals surface area contributed by atoms with Crippen LogP contribution in [-0.2, 0) is 9.53 Å². The highest BCUT2D eigenvalue weighted by Gasteiger charge is 2.19. The van der Waals surface area contributed by atoms with Crippen LogP contribution in [0.25, 0.3) is 0 Å². The third kappa shape index (κ3) is 3.97. The zero-order valence-electron chi connectivity index (χ0n) is 7.84. The first kappa shape index (κ1) is 10.8. The predicted octanol–water partition coefficient (Wildman–Crippen LogP) is -0.546. The van der Waals surface area contributed by atoms with E-state index >= 15 is 0 Å². The summed E-state index contributed by atoms with van der Waals surface area (Å²) < 4.78 is 4.84. The molecule has 1 fully saturated rings. The number of nitrogens with one attached hydrogen (secondary N) is 2. The number of ether oxygens (including phenoxy) is 1. The molecule has 2 N–H and O–H groups in total. The minimum absolute atomic E-state index is 0.0180. The first-order valence-electron chi connectivity index (χ1n) is 4.42. The van der Waals surface area contributed by atoms with E-state index in [9.17, 15) is 4.79 Å². The molecule has 0 aromatic carbocycles. The van der Waals surface area contributed by atoms with Crippen molar-refractivity contribution in [3.05, 3.63) is 0 Å². The topological polar surface area (TPSA) is 50.4 Å². The minimum atomic E-state index is -0.0180. The molecule has 1 aliphatic heterocycles. The summed E-state index contributed by atoms with van der Waals surface area (Å²) in [6, 6.07) is -0.0180. The summed E-state index contributed by atoms with van der Waals surface area (Å²) in [6.45, 7) is 2.09. The fourth-order valence-electron chi connectivity index (χ4n) is 1.13. The monoisotopic (exact) mass is 204 g/mol. The molecule has 1 aliphatic rings. The molecule has 1 unspecified atom stereocenters. The molecule has 0 radical (unpaired) electrons. The van der Waals surface area contributed by atoms with E-state index in [1.807, 2.05) is 11.8 Å². The van der Waals surface area contributed by atoms with Gasteiger partial charge in [0.1, 0.15) is 0 Å². The van der Waals surface area contributed by atoms with Gasteiger partial charge in [-0.2, -0.15) is 11.8 Å². The van der Waals surface area contributed by atoms with Gasteiger partial charge in [-0.3, -0.25) is 4.79 Å². The Hall–Kier alpha value is -0.260. The van der Waals surface area contributed by atoms with E-state index < -0.39 is 0 Å². The fourth-order valence-corrected chi connectivity index (χ4v) is 2.07. The molecule has 1 rings (SSSR count). The average Bonchev–Trinajstić information content (AvgIpc) is 2.19. The first-order chi connectivity index (χ1) is 6.34. The fraction of sp³-hybridized carbons (Fsp3) is 0.875. The summed E-state index contributed by atoms with van der Waals surface area (Å²) in [7, 11) is 1.63. The quantitative estimate of drug-likeness (QED) is 0.604. The second-order valence-electron chi connectivity index (χ2n) is 2.87. The largest absolute Gasteiger partial charge is 0.383 e. The average molecular weight is 204 g/mol. The number of methoxy groups -OCH3 is 1. The number of amides is 1. The number of hydrogen-bond acceptors (Lipinski definition) is 4. The maximum atomic E-state index is 11.4. The van der Waals surface area contributed by atoms with Crippen molar-refractivity contribution in [1.82, 2.24) is 10.6 Å². The van der Waals surface area contributed by atoms with Crippen molar-refractivity contribution in [3.8, 4) is 0 Å². The Morgan fingerprint density at radius 2 is 2.62 bits per heavy atom. The standard InChI is InChI=1S/C8H16N2O2S/c1-12-4-2-10-8(11)7-6-13-5-3-9-7/h7,9H,2-6H2,1H3,(H,10,11). The van der Waals surface area contributed by atoms with Crippen LogP contribution in [0.15, 0.2) is 0 Å². The summed E-state index contributed by atoms with van der Waals surface area (Å²) in [5.41, 5.74) is 0. The maximum absolute atomic E-state index is 11.4. The lowest BCUT2D eigenvalue weighted by molar-refractivity contribution is -0.122. The molecule has 1 heterocycles. The minimum Gasteiger partial charge on any atom is -0.383 e. The van der Waals surface area contributed by atoms with Gasteiger partial charge in [-0.15, -0.1) is 0 Å². The number of hydrogen-bond donors (Lipinski definition) is 2. The summed E-state index contributed by atoms with van der Waals surface area (Å²) in [4.78, 5) is 11.4.